The molecule has 5 nitrogen and oxygen atoms in total. The van der Waals surface area contributed by atoms with Gasteiger partial charge in [0.05, 0.1) is 18.3 Å². The highest BCUT2D eigenvalue weighted by molar-refractivity contribution is 5.94. The molecule has 5 heteroatoms. The lowest BCUT2D eigenvalue weighted by Crippen LogP contribution is -2.41. The van der Waals surface area contributed by atoms with E-state index in [1.54, 1.807) is 7.11 Å². The van der Waals surface area contributed by atoms with E-state index in [4.69, 9.17) is 4.74 Å². The summed E-state index contributed by atoms with van der Waals surface area (Å²) in [6.45, 7) is 6.19. The lowest BCUT2D eigenvalue weighted by atomic mass is 10.0. The lowest BCUT2D eigenvalue weighted by Gasteiger charge is -2.33. The van der Waals surface area contributed by atoms with Gasteiger partial charge < -0.3 is 9.64 Å². The third-order valence-corrected chi connectivity index (χ3v) is 4.59. The van der Waals surface area contributed by atoms with E-state index in [0.29, 0.717) is 6.61 Å². The van der Waals surface area contributed by atoms with Crippen molar-refractivity contribution in [3.8, 4) is 0 Å². The molecule has 0 saturated carbocycles. The van der Waals surface area contributed by atoms with Gasteiger partial charge in [0.1, 0.15) is 0 Å². The number of nitrogens with zero attached hydrogens (tertiary/aromatic N) is 3. The molecule has 0 unspecified atom stereocenters. The molecular weight excluding hydrogens is 302 g/mol. The van der Waals surface area contributed by atoms with Crippen LogP contribution in [-0.2, 0) is 11.3 Å². The van der Waals surface area contributed by atoms with E-state index >= 15 is 0 Å². The van der Waals surface area contributed by atoms with Crippen LogP contribution in [0.15, 0.2) is 30.3 Å². The van der Waals surface area contributed by atoms with Crippen LogP contribution < -0.4 is 0 Å². The van der Waals surface area contributed by atoms with Crippen molar-refractivity contribution in [1.29, 1.82) is 0 Å². The van der Waals surface area contributed by atoms with E-state index in [1.807, 2.05) is 36.1 Å². The van der Waals surface area contributed by atoms with E-state index in [2.05, 4.69) is 22.8 Å². The van der Waals surface area contributed by atoms with Gasteiger partial charge in [0.2, 0.25) is 0 Å². The molecule has 1 saturated heterocycles. The first-order valence-corrected chi connectivity index (χ1v) is 8.48. The normalized spacial score (nSPS) is 18.0. The molecule has 0 spiro atoms. The largest absolute Gasteiger partial charge is 0.380 e. The zero-order valence-corrected chi connectivity index (χ0v) is 14.7. The van der Waals surface area contributed by atoms with Gasteiger partial charge in [-0.1, -0.05) is 12.1 Å². The zero-order chi connectivity index (χ0) is 17.1. The minimum atomic E-state index is 0.102. The Labute approximate surface area is 143 Å². The number of ether oxygens (including phenoxy) is 1. The number of amides is 1. The predicted molar refractivity (Wildman–Crippen MR) is 93.0 cm³/mol. The summed E-state index contributed by atoms with van der Waals surface area (Å²) in [6.07, 6.45) is 2.08. The van der Waals surface area contributed by atoms with E-state index in [0.717, 1.165) is 48.4 Å². The minimum Gasteiger partial charge on any atom is -0.380 e. The Morgan fingerprint density at radius 1 is 1.29 bits per heavy atom. The van der Waals surface area contributed by atoms with Crippen LogP contribution in [-0.4, -0.2) is 40.8 Å². The standard InChI is InChI=1S/C19H25N3O2/c1-14-11-15(2)22(20-14)18-5-4-10-21(12-18)19(23)17-8-6-16(7-9-17)13-24-3/h6-9,11,18H,4-5,10,12-13H2,1-3H3/t18-/m1/s1. The van der Waals surface area contributed by atoms with Gasteiger partial charge in [0.15, 0.2) is 0 Å². The summed E-state index contributed by atoms with van der Waals surface area (Å²) < 4.78 is 7.20. The second kappa shape index (κ2) is 7.18. The van der Waals surface area contributed by atoms with Crippen molar-refractivity contribution in [3.63, 3.8) is 0 Å². The molecule has 1 fully saturated rings. The average Bonchev–Trinajstić information content (AvgIpc) is 2.94. The van der Waals surface area contributed by atoms with Crippen LogP contribution in [0.25, 0.3) is 0 Å². The van der Waals surface area contributed by atoms with Crippen LogP contribution in [0.1, 0.15) is 46.2 Å². The molecular formula is C19H25N3O2. The Balaban J connectivity index is 1.72. The topological polar surface area (TPSA) is 47.4 Å². The maximum absolute atomic E-state index is 12.8. The van der Waals surface area contributed by atoms with Gasteiger partial charge >= 0.3 is 0 Å². The molecule has 1 aromatic carbocycles. The zero-order valence-electron chi connectivity index (χ0n) is 14.7. The van der Waals surface area contributed by atoms with Crippen LogP contribution in [0.3, 0.4) is 0 Å². The van der Waals surface area contributed by atoms with Crippen molar-refractivity contribution in [3.05, 3.63) is 52.8 Å². The van der Waals surface area contributed by atoms with E-state index in [-0.39, 0.29) is 11.9 Å². The molecule has 0 radical (unpaired) electrons. The molecule has 1 aliphatic rings. The van der Waals surface area contributed by atoms with E-state index < -0.39 is 0 Å². The van der Waals surface area contributed by atoms with Crippen molar-refractivity contribution < 1.29 is 9.53 Å². The highest BCUT2D eigenvalue weighted by Crippen LogP contribution is 2.24. The first kappa shape index (κ1) is 16.7. The second-order valence-electron chi connectivity index (χ2n) is 6.55. The summed E-state index contributed by atoms with van der Waals surface area (Å²) in [6, 6.07) is 10.1. The van der Waals surface area contributed by atoms with Gasteiger partial charge in [0, 0.05) is 31.5 Å². The van der Waals surface area contributed by atoms with Crippen molar-refractivity contribution in [2.75, 3.05) is 20.2 Å². The van der Waals surface area contributed by atoms with Gasteiger partial charge in [-0.25, -0.2) is 0 Å². The average molecular weight is 327 g/mol. The Morgan fingerprint density at radius 2 is 2.04 bits per heavy atom. The molecule has 0 N–H and O–H groups in total. The Bertz CT molecular complexity index is 706. The summed E-state index contributed by atoms with van der Waals surface area (Å²) in [5.41, 5.74) is 4.01. The molecule has 3 rings (SSSR count). The number of rotatable bonds is 4. The van der Waals surface area contributed by atoms with E-state index in [9.17, 15) is 4.79 Å². The molecule has 24 heavy (non-hydrogen) atoms. The first-order valence-electron chi connectivity index (χ1n) is 8.48. The highest BCUT2D eigenvalue weighted by atomic mass is 16.5. The van der Waals surface area contributed by atoms with Crippen molar-refractivity contribution >= 4 is 5.91 Å². The molecule has 1 aliphatic heterocycles. The molecule has 0 aliphatic carbocycles. The van der Waals surface area contributed by atoms with Gasteiger partial charge in [-0.2, -0.15) is 5.10 Å². The lowest BCUT2D eigenvalue weighted by molar-refractivity contribution is 0.0671. The van der Waals surface area contributed by atoms with Crippen molar-refractivity contribution in [2.45, 2.75) is 39.3 Å². The summed E-state index contributed by atoms with van der Waals surface area (Å²) >= 11 is 0. The number of hydrogen-bond acceptors (Lipinski definition) is 3. The monoisotopic (exact) mass is 327 g/mol. The summed E-state index contributed by atoms with van der Waals surface area (Å²) in [5.74, 6) is 0.102. The van der Waals surface area contributed by atoms with Crippen LogP contribution in [0.4, 0.5) is 0 Å². The number of carbonyl (C=O) groups is 1. The number of carbonyl (C=O) groups excluding carboxylic acids is 1. The van der Waals surface area contributed by atoms with Gasteiger partial charge in [-0.05, 0) is 50.5 Å². The Kier molecular flexibility index (Phi) is 5.00. The Morgan fingerprint density at radius 3 is 2.67 bits per heavy atom. The second-order valence-corrected chi connectivity index (χ2v) is 6.55. The SMILES string of the molecule is COCc1ccc(C(=O)N2CCC[C@@H](n3nc(C)cc3C)C2)cc1. The maximum atomic E-state index is 12.8. The number of piperidine rings is 1. The summed E-state index contributed by atoms with van der Waals surface area (Å²) in [7, 11) is 1.67. The third-order valence-electron chi connectivity index (χ3n) is 4.59. The molecule has 128 valence electrons. The molecule has 0 bridgehead atoms. The fourth-order valence-corrected chi connectivity index (χ4v) is 3.45. The maximum Gasteiger partial charge on any atom is 0.253 e. The predicted octanol–water partition coefficient (Wildman–Crippen LogP) is 3.12. The van der Waals surface area contributed by atoms with Crippen molar-refractivity contribution in [1.82, 2.24) is 14.7 Å². The number of hydrogen-bond donors (Lipinski definition) is 0. The smallest absolute Gasteiger partial charge is 0.253 e. The number of aryl methyl sites for hydroxylation is 2. The quantitative estimate of drug-likeness (QED) is 0.867. The van der Waals surface area contributed by atoms with Crippen LogP contribution in [0, 0.1) is 13.8 Å². The minimum absolute atomic E-state index is 0.102. The van der Waals surface area contributed by atoms with Crippen LogP contribution in [0.2, 0.25) is 0 Å². The van der Waals surface area contributed by atoms with Gasteiger partial charge in [0.25, 0.3) is 5.91 Å². The van der Waals surface area contributed by atoms with Crippen molar-refractivity contribution in [2.24, 2.45) is 0 Å². The van der Waals surface area contributed by atoms with Crippen LogP contribution >= 0.6 is 0 Å². The number of aromatic nitrogens is 2. The number of benzene rings is 1. The fourth-order valence-electron chi connectivity index (χ4n) is 3.45. The number of methoxy groups -OCH3 is 1. The van der Waals surface area contributed by atoms with E-state index in [1.165, 1.54) is 0 Å². The van der Waals surface area contributed by atoms with Gasteiger partial charge in [-0.3, -0.25) is 9.48 Å². The summed E-state index contributed by atoms with van der Waals surface area (Å²) in [4.78, 5) is 14.8. The van der Waals surface area contributed by atoms with Gasteiger partial charge in [-0.15, -0.1) is 0 Å². The molecule has 1 amide bonds. The van der Waals surface area contributed by atoms with Crippen LogP contribution in [0.5, 0.6) is 0 Å². The Hall–Kier alpha value is -2.14. The fraction of sp³-hybridized carbons (Fsp3) is 0.474. The molecule has 2 aromatic rings. The number of likely N-dealkylation sites (tertiary alicyclic amines) is 1. The highest BCUT2D eigenvalue weighted by Gasteiger charge is 2.26. The first-order chi connectivity index (χ1) is 11.6. The third kappa shape index (κ3) is 3.51. The summed E-state index contributed by atoms with van der Waals surface area (Å²) in [5, 5.41) is 4.60. The molecule has 2 heterocycles. The molecule has 1 atom stereocenters. The molecule has 1 aromatic heterocycles.